The molecule has 3 rings (SSSR count). The lowest BCUT2D eigenvalue weighted by atomic mass is 9.96. The molecule has 1 aliphatic heterocycles. The van der Waals surface area contributed by atoms with Gasteiger partial charge in [-0.2, -0.15) is 0 Å². The van der Waals surface area contributed by atoms with Gasteiger partial charge in [0, 0.05) is 30.4 Å². The Labute approximate surface area is 116 Å². The molecule has 1 aromatic heterocycles. The van der Waals surface area contributed by atoms with E-state index in [1.165, 1.54) is 0 Å². The molecule has 0 saturated heterocycles. The monoisotopic (exact) mass is 272 g/mol. The van der Waals surface area contributed by atoms with Crippen molar-refractivity contribution in [2.45, 2.75) is 19.4 Å². The number of aliphatic carboxylic acids is 1. The lowest BCUT2D eigenvalue weighted by Gasteiger charge is -2.22. The molecule has 2 aromatic rings. The molecule has 0 spiro atoms. The second-order valence-corrected chi connectivity index (χ2v) is 4.98. The van der Waals surface area contributed by atoms with Gasteiger partial charge in [0.2, 0.25) is 0 Å². The smallest absolute Gasteiger partial charge is 0.306 e. The van der Waals surface area contributed by atoms with Gasteiger partial charge in [-0.15, -0.1) is 0 Å². The molecule has 1 aliphatic rings. The zero-order valence-electron chi connectivity index (χ0n) is 11.2. The number of carbonyl (C=O) groups is 1. The van der Waals surface area contributed by atoms with Crippen LogP contribution in [0.1, 0.15) is 12.1 Å². The van der Waals surface area contributed by atoms with Crippen LogP contribution in [0.2, 0.25) is 0 Å². The summed E-state index contributed by atoms with van der Waals surface area (Å²) in [6, 6.07) is 7.75. The molecule has 0 radical (unpaired) electrons. The van der Waals surface area contributed by atoms with E-state index in [9.17, 15) is 4.79 Å². The van der Waals surface area contributed by atoms with Gasteiger partial charge in [0.1, 0.15) is 11.6 Å². The summed E-state index contributed by atoms with van der Waals surface area (Å²) >= 11 is 0. The number of methoxy groups -OCH3 is 1. The van der Waals surface area contributed by atoms with Crippen LogP contribution in [0, 0.1) is 5.92 Å². The number of carboxylic acids is 1. The molecule has 104 valence electrons. The number of aromatic nitrogens is 2. The normalized spacial score (nSPS) is 17.6. The second-order valence-electron chi connectivity index (χ2n) is 4.98. The number of benzene rings is 1. The number of imidazole rings is 1. The molecule has 20 heavy (non-hydrogen) atoms. The van der Waals surface area contributed by atoms with Gasteiger partial charge in [0.25, 0.3) is 0 Å². The molecule has 2 heterocycles. The van der Waals surface area contributed by atoms with Gasteiger partial charge >= 0.3 is 5.97 Å². The van der Waals surface area contributed by atoms with Crippen LogP contribution in [-0.4, -0.2) is 27.7 Å². The van der Waals surface area contributed by atoms with E-state index < -0.39 is 5.97 Å². The summed E-state index contributed by atoms with van der Waals surface area (Å²) in [5, 5.41) is 9.10. The van der Waals surface area contributed by atoms with Crippen LogP contribution in [-0.2, 0) is 17.8 Å². The van der Waals surface area contributed by atoms with E-state index >= 15 is 0 Å². The first-order valence-electron chi connectivity index (χ1n) is 6.60. The van der Waals surface area contributed by atoms with Crippen LogP contribution in [0.5, 0.6) is 5.75 Å². The highest BCUT2D eigenvalue weighted by Gasteiger charge is 2.26. The molecule has 0 bridgehead atoms. The fourth-order valence-electron chi connectivity index (χ4n) is 2.64. The molecule has 1 aromatic carbocycles. The first-order chi connectivity index (χ1) is 9.69. The van der Waals surface area contributed by atoms with Crippen LogP contribution < -0.4 is 4.74 Å². The van der Waals surface area contributed by atoms with E-state index in [1.54, 1.807) is 13.3 Å². The summed E-state index contributed by atoms with van der Waals surface area (Å²) < 4.78 is 7.26. The number of hydrogen-bond donors (Lipinski definition) is 1. The second kappa shape index (κ2) is 5.00. The summed E-state index contributed by atoms with van der Waals surface area (Å²) in [6.07, 6.45) is 3.00. The maximum absolute atomic E-state index is 11.1. The number of fused-ring (bicyclic) bond motifs is 1. The number of ether oxygens (including phenoxy) is 1. The Bertz CT molecular complexity index is 631. The van der Waals surface area contributed by atoms with Crippen molar-refractivity contribution in [2.24, 2.45) is 5.92 Å². The Hall–Kier alpha value is -2.30. The third-order valence-electron chi connectivity index (χ3n) is 3.79. The highest BCUT2D eigenvalue weighted by molar-refractivity contribution is 5.70. The van der Waals surface area contributed by atoms with Crippen molar-refractivity contribution in [3.8, 4) is 17.1 Å². The van der Waals surface area contributed by atoms with Crippen LogP contribution in [0.4, 0.5) is 0 Å². The van der Waals surface area contributed by atoms with Crippen molar-refractivity contribution in [2.75, 3.05) is 7.11 Å². The summed E-state index contributed by atoms with van der Waals surface area (Å²) in [5.41, 5.74) is 2.01. The summed E-state index contributed by atoms with van der Waals surface area (Å²) in [7, 11) is 1.64. The predicted molar refractivity (Wildman–Crippen MR) is 73.7 cm³/mol. The first-order valence-corrected chi connectivity index (χ1v) is 6.60. The molecule has 5 heteroatoms. The van der Waals surface area contributed by atoms with Crippen molar-refractivity contribution in [3.05, 3.63) is 36.2 Å². The molecule has 0 amide bonds. The number of rotatable bonds is 3. The van der Waals surface area contributed by atoms with Gasteiger partial charge in [0.15, 0.2) is 0 Å². The fourth-order valence-corrected chi connectivity index (χ4v) is 2.64. The fraction of sp³-hybridized carbons (Fsp3) is 0.333. The molecule has 0 aliphatic carbocycles. The van der Waals surface area contributed by atoms with E-state index in [2.05, 4.69) is 9.55 Å². The van der Waals surface area contributed by atoms with E-state index in [4.69, 9.17) is 9.84 Å². The highest BCUT2D eigenvalue weighted by atomic mass is 16.5. The maximum atomic E-state index is 11.1. The van der Waals surface area contributed by atoms with E-state index in [0.29, 0.717) is 19.4 Å². The standard InChI is InChI=1S/C15H16N2O3/c1-20-13-4-2-10(3-5-13)14-16-9-12-8-11(15(18)19)6-7-17(12)14/h2-5,9,11H,6-8H2,1H3,(H,18,19). The SMILES string of the molecule is COc1ccc(-c2ncc3n2CCC(C(=O)O)C3)cc1. The molecule has 1 atom stereocenters. The number of hydrogen-bond acceptors (Lipinski definition) is 3. The molecule has 1 unspecified atom stereocenters. The highest BCUT2D eigenvalue weighted by Crippen LogP contribution is 2.28. The van der Waals surface area contributed by atoms with Gasteiger partial charge < -0.3 is 14.4 Å². The van der Waals surface area contributed by atoms with E-state index in [0.717, 1.165) is 22.8 Å². The molecule has 0 saturated carbocycles. The van der Waals surface area contributed by atoms with Gasteiger partial charge in [-0.05, 0) is 30.7 Å². The quantitative estimate of drug-likeness (QED) is 0.930. The van der Waals surface area contributed by atoms with Crippen molar-refractivity contribution >= 4 is 5.97 Å². The van der Waals surface area contributed by atoms with Gasteiger partial charge in [-0.1, -0.05) is 0 Å². The Kier molecular flexibility index (Phi) is 3.18. The topological polar surface area (TPSA) is 64.4 Å². The third kappa shape index (κ3) is 2.15. The average molecular weight is 272 g/mol. The van der Waals surface area contributed by atoms with Crippen LogP contribution in [0.25, 0.3) is 11.4 Å². The Morgan fingerprint density at radius 3 is 2.80 bits per heavy atom. The van der Waals surface area contributed by atoms with Gasteiger partial charge in [-0.3, -0.25) is 4.79 Å². The van der Waals surface area contributed by atoms with E-state index in [-0.39, 0.29) is 5.92 Å². The third-order valence-corrected chi connectivity index (χ3v) is 3.79. The molecular formula is C15H16N2O3. The Balaban J connectivity index is 1.91. The number of nitrogens with zero attached hydrogens (tertiary/aromatic N) is 2. The minimum Gasteiger partial charge on any atom is -0.497 e. The first kappa shape index (κ1) is 12.7. The summed E-state index contributed by atoms with van der Waals surface area (Å²) in [4.78, 5) is 15.5. The van der Waals surface area contributed by atoms with Crippen molar-refractivity contribution < 1.29 is 14.6 Å². The summed E-state index contributed by atoms with van der Waals surface area (Å²) in [5.74, 6) is 0.697. The Morgan fingerprint density at radius 2 is 2.15 bits per heavy atom. The number of carboxylic acid groups (broad SMARTS) is 1. The van der Waals surface area contributed by atoms with Crippen LogP contribution >= 0.6 is 0 Å². The van der Waals surface area contributed by atoms with Crippen molar-refractivity contribution in [3.63, 3.8) is 0 Å². The molecule has 0 fully saturated rings. The molecular weight excluding hydrogens is 256 g/mol. The van der Waals surface area contributed by atoms with Gasteiger partial charge in [-0.25, -0.2) is 4.98 Å². The van der Waals surface area contributed by atoms with Crippen molar-refractivity contribution in [1.82, 2.24) is 9.55 Å². The zero-order chi connectivity index (χ0) is 14.1. The minimum absolute atomic E-state index is 0.289. The lowest BCUT2D eigenvalue weighted by molar-refractivity contribution is -0.142. The average Bonchev–Trinajstić information content (AvgIpc) is 2.90. The minimum atomic E-state index is -0.719. The lowest BCUT2D eigenvalue weighted by Crippen LogP contribution is -2.25. The van der Waals surface area contributed by atoms with E-state index in [1.807, 2.05) is 24.3 Å². The van der Waals surface area contributed by atoms with Gasteiger partial charge in [0.05, 0.1) is 13.0 Å². The maximum Gasteiger partial charge on any atom is 0.306 e. The predicted octanol–water partition coefficient (Wildman–Crippen LogP) is 2.21. The molecule has 5 nitrogen and oxygen atoms in total. The van der Waals surface area contributed by atoms with Crippen LogP contribution in [0.15, 0.2) is 30.5 Å². The largest absolute Gasteiger partial charge is 0.497 e. The molecule has 1 N–H and O–H groups in total. The summed E-state index contributed by atoms with van der Waals surface area (Å²) in [6.45, 7) is 0.702. The Morgan fingerprint density at radius 1 is 1.40 bits per heavy atom. The zero-order valence-corrected chi connectivity index (χ0v) is 11.2. The van der Waals surface area contributed by atoms with Crippen molar-refractivity contribution in [1.29, 1.82) is 0 Å². The van der Waals surface area contributed by atoms with Crippen LogP contribution in [0.3, 0.4) is 0 Å².